The zero-order valence-electron chi connectivity index (χ0n) is 18.2. The van der Waals surface area contributed by atoms with Crippen LogP contribution in [0.25, 0.3) is 10.2 Å². The zero-order chi connectivity index (χ0) is 22.9. The van der Waals surface area contributed by atoms with E-state index in [1.54, 1.807) is 6.20 Å². The predicted molar refractivity (Wildman–Crippen MR) is 121 cm³/mol. The molecule has 2 aromatic rings. The fraction of sp³-hybridized carbons (Fsp3) is 0.650. The second kappa shape index (κ2) is 9.08. The van der Waals surface area contributed by atoms with E-state index >= 15 is 0 Å². The summed E-state index contributed by atoms with van der Waals surface area (Å²) in [6.07, 6.45) is 4.81. The Morgan fingerprint density at radius 3 is 2.84 bits per heavy atom. The summed E-state index contributed by atoms with van der Waals surface area (Å²) in [5.74, 6) is -0.190. The number of anilines is 1. The standard InChI is InChI=1S/C20H28N4O6S2/c1-13(3-10-32(26,27)28)14-11-21-17(29-2)15-16(14)31-18(22-15)23-19(25)24-7-4-20(12-24)5-8-30-9-6-20/h11,13H,3-10,12H2,1-2H3,(H,22,23,25)(H,26,27,28). The zero-order valence-corrected chi connectivity index (χ0v) is 19.8. The van der Waals surface area contributed by atoms with Gasteiger partial charge in [0.25, 0.3) is 10.1 Å². The summed E-state index contributed by atoms with van der Waals surface area (Å²) in [5.41, 5.74) is 1.47. The van der Waals surface area contributed by atoms with Crippen LogP contribution in [0.5, 0.6) is 5.88 Å². The number of hydrogen-bond donors (Lipinski definition) is 2. The average Bonchev–Trinajstić information content (AvgIpc) is 3.36. The molecule has 0 aromatic carbocycles. The third-order valence-corrected chi connectivity index (χ3v) is 8.21. The minimum absolute atomic E-state index is 0.159. The fourth-order valence-corrected chi connectivity index (χ4v) is 6.16. The number of rotatable bonds is 6. The lowest BCUT2D eigenvalue weighted by atomic mass is 9.80. The summed E-state index contributed by atoms with van der Waals surface area (Å²) in [6, 6.07) is -0.180. The number of pyridine rings is 1. The first-order valence-corrected chi connectivity index (χ1v) is 13.0. The van der Waals surface area contributed by atoms with E-state index in [1.807, 2.05) is 11.8 Å². The van der Waals surface area contributed by atoms with Gasteiger partial charge in [0.2, 0.25) is 5.88 Å². The number of likely N-dealkylation sites (tertiary alicyclic amines) is 1. The summed E-state index contributed by atoms with van der Waals surface area (Å²) in [6.45, 7) is 4.79. The monoisotopic (exact) mass is 484 g/mol. The number of fused-ring (bicyclic) bond motifs is 1. The molecule has 2 saturated heterocycles. The normalized spacial score (nSPS) is 19.4. The molecular weight excluding hydrogens is 456 g/mol. The van der Waals surface area contributed by atoms with E-state index in [4.69, 9.17) is 14.0 Å². The maximum Gasteiger partial charge on any atom is 0.323 e. The minimum atomic E-state index is -4.05. The number of nitrogens with one attached hydrogen (secondary N) is 1. The van der Waals surface area contributed by atoms with Gasteiger partial charge < -0.3 is 14.4 Å². The lowest BCUT2D eigenvalue weighted by Crippen LogP contribution is -2.37. The molecule has 2 amide bonds. The molecule has 0 saturated carbocycles. The Morgan fingerprint density at radius 1 is 1.41 bits per heavy atom. The maximum absolute atomic E-state index is 12.9. The SMILES string of the molecule is COc1ncc(C(C)CCS(=O)(=O)O)c2sc(NC(=O)N3CCC4(CCOCC4)C3)nc12. The molecule has 12 heteroatoms. The highest BCUT2D eigenvalue weighted by atomic mass is 32.2. The van der Waals surface area contributed by atoms with Gasteiger partial charge in [-0.3, -0.25) is 9.87 Å². The lowest BCUT2D eigenvalue weighted by molar-refractivity contribution is 0.0211. The summed E-state index contributed by atoms with van der Waals surface area (Å²) >= 11 is 1.31. The quantitative estimate of drug-likeness (QED) is 0.598. The molecule has 176 valence electrons. The molecular formula is C20H28N4O6S2. The molecule has 1 unspecified atom stereocenters. The van der Waals surface area contributed by atoms with Crippen LogP contribution in [0.4, 0.5) is 9.93 Å². The molecule has 2 N–H and O–H groups in total. The number of hydrogen-bond acceptors (Lipinski definition) is 8. The Bertz CT molecular complexity index is 1100. The van der Waals surface area contributed by atoms with Crippen molar-refractivity contribution in [2.24, 2.45) is 5.41 Å². The first-order valence-electron chi connectivity index (χ1n) is 10.6. The van der Waals surface area contributed by atoms with Crippen LogP contribution in [-0.2, 0) is 14.9 Å². The molecule has 2 aliphatic rings. The van der Waals surface area contributed by atoms with Gasteiger partial charge in [0, 0.05) is 32.5 Å². The predicted octanol–water partition coefficient (Wildman–Crippen LogP) is 3.12. The molecule has 10 nitrogen and oxygen atoms in total. The van der Waals surface area contributed by atoms with Gasteiger partial charge in [-0.1, -0.05) is 18.3 Å². The first kappa shape index (κ1) is 23.1. The van der Waals surface area contributed by atoms with Gasteiger partial charge in [-0.05, 0) is 42.6 Å². The third kappa shape index (κ3) is 4.98. The molecule has 0 bridgehead atoms. The van der Waals surface area contributed by atoms with E-state index in [0.717, 1.165) is 49.3 Å². The van der Waals surface area contributed by atoms with Gasteiger partial charge in [-0.25, -0.2) is 14.8 Å². The van der Waals surface area contributed by atoms with Crippen molar-refractivity contribution in [3.8, 4) is 5.88 Å². The molecule has 1 atom stereocenters. The third-order valence-electron chi connectivity index (χ3n) is 6.44. The van der Waals surface area contributed by atoms with Crippen LogP contribution in [0.2, 0.25) is 0 Å². The molecule has 0 aliphatic carbocycles. The minimum Gasteiger partial charge on any atom is -0.479 e. The Hall–Kier alpha value is -2.02. The summed E-state index contributed by atoms with van der Waals surface area (Å²) < 4.78 is 43.0. The number of thiazole rings is 1. The van der Waals surface area contributed by atoms with Crippen molar-refractivity contribution in [3.05, 3.63) is 11.8 Å². The highest BCUT2D eigenvalue weighted by Gasteiger charge is 2.41. The number of ether oxygens (including phenoxy) is 2. The Kier molecular flexibility index (Phi) is 6.57. The number of aromatic nitrogens is 2. The molecule has 32 heavy (non-hydrogen) atoms. The number of nitrogens with zero attached hydrogens (tertiary/aromatic N) is 3. The van der Waals surface area contributed by atoms with Crippen LogP contribution in [0.15, 0.2) is 6.20 Å². The molecule has 1 spiro atoms. The van der Waals surface area contributed by atoms with Crippen molar-refractivity contribution < 1.29 is 27.2 Å². The van der Waals surface area contributed by atoms with Crippen LogP contribution < -0.4 is 10.1 Å². The van der Waals surface area contributed by atoms with Gasteiger partial charge in [-0.15, -0.1) is 0 Å². The van der Waals surface area contributed by atoms with Crippen molar-refractivity contribution in [3.63, 3.8) is 0 Å². The summed E-state index contributed by atoms with van der Waals surface area (Å²) in [4.78, 5) is 23.6. The van der Waals surface area contributed by atoms with Crippen LogP contribution in [0, 0.1) is 5.41 Å². The second-order valence-electron chi connectivity index (χ2n) is 8.61. The highest BCUT2D eigenvalue weighted by Crippen LogP contribution is 2.41. The maximum atomic E-state index is 12.9. The number of methoxy groups -OCH3 is 1. The van der Waals surface area contributed by atoms with Crippen molar-refractivity contribution in [1.29, 1.82) is 0 Å². The molecule has 2 aromatic heterocycles. The van der Waals surface area contributed by atoms with Crippen molar-refractivity contribution in [2.45, 2.75) is 38.5 Å². The van der Waals surface area contributed by atoms with Crippen LogP contribution in [0.1, 0.15) is 44.1 Å². The van der Waals surface area contributed by atoms with E-state index in [2.05, 4.69) is 15.3 Å². The van der Waals surface area contributed by atoms with E-state index in [9.17, 15) is 13.2 Å². The first-order chi connectivity index (χ1) is 15.2. The van der Waals surface area contributed by atoms with Crippen LogP contribution in [-0.4, -0.2) is 73.0 Å². The number of amides is 2. The fourth-order valence-electron chi connectivity index (χ4n) is 4.44. The van der Waals surface area contributed by atoms with Gasteiger partial charge in [0.1, 0.15) is 5.52 Å². The van der Waals surface area contributed by atoms with Gasteiger partial charge in [-0.2, -0.15) is 8.42 Å². The molecule has 4 rings (SSSR count). The van der Waals surface area contributed by atoms with Crippen molar-refractivity contribution >= 4 is 42.8 Å². The Balaban J connectivity index is 1.52. The smallest absolute Gasteiger partial charge is 0.323 e. The van der Waals surface area contributed by atoms with E-state index in [-0.39, 0.29) is 29.5 Å². The topological polar surface area (TPSA) is 131 Å². The summed E-state index contributed by atoms with van der Waals surface area (Å²) in [7, 11) is -2.55. The Labute approximate surface area is 191 Å². The van der Waals surface area contributed by atoms with E-state index in [0.29, 0.717) is 23.1 Å². The van der Waals surface area contributed by atoms with Gasteiger partial charge in [0.05, 0.1) is 17.6 Å². The molecule has 0 radical (unpaired) electrons. The number of carbonyl (C=O) groups is 1. The Morgan fingerprint density at radius 2 is 2.16 bits per heavy atom. The van der Waals surface area contributed by atoms with Crippen molar-refractivity contribution in [2.75, 3.05) is 44.5 Å². The molecule has 2 aliphatic heterocycles. The lowest BCUT2D eigenvalue weighted by Gasteiger charge is -2.33. The van der Waals surface area contributed by atoms with Crippen LogP contribution in [0.3, 0.4) is 0 Å². The van der Waals surface area contributed by atoms with Gasteiger partial charge >= 0.3 is 6.03 Å². The molecule has 2 fully saturated rings. The number of carbonyl (C=O) groups excluding carboxylic acids is 1. The average molecular weight is 485 g/mol. The highest BCUT2D eigenvalue weighted by molar-refractivity contribution is 7.85. The van der Waals surface area contributed by atoms with Crippen molar-refractivity contribution in [1.82, 2.24) is 14.9 Å². The van der Waals surface area contributed by atoms with E-state index in [1.165, 1.54) is 18.4 Å². The largest absolute Gasteiger partial charge is 0.479 e. The van der Waals surface area contributed by atoms with Gasteiger partial charge in [0.15, 0.2) is 5.13 Å². The number of urea groups is 1. The summed E-state index contributed by atoms with van der Waals surface area (Å²) in [5, 5.41) is 3.35. The second-order valence-corrected chi connectivity index (χ2v) is 11.2. The van der Waals surface area contributed by atoms with Crippen LogP contribution >= 0.6 is 11.3 Å². The van der Waals surface area contributed by atoms with E-state index < -0.39 is 10.1 Å². The molecule has 4 heterocycles.